The monoisotopic (exact) mass is 234 g/mol. The fraction of sp³-hybridized carbons (Fsp3) is 0.333. The van der Waals surface area contributed by atoms with Gasteiger partial charge in [-0.05, 0) is 24.6 Å². The maximum atomic E-state index is 11.2. The molecule has 1 amide bonds. The second-order valence-corrected chi connectivity index (χ2v) is 3.78. The van der Waals surface area contributed by atoms with E-state index in [9.17, 15) is 9.90 Å². The van der Waals surface area contributed by atoms with Crippen LogP contribution < -0.4 is 10.2 Å². The van der Waals surface area contributed by atoms with Crippen molar-refractivity contribution in [3.05, 3.63) is 23.8 Å². The molecule has 1 unspecified atom stereocenters. The van der Waals surface area contributed by atoms with E-state index in [1.54, 1.807) is 18.3 Å². The molecule has 0 saturated carbocycles. The van der Waals surface area contributed by atoms with Gasteiger partial charge in [-0.25, -0.2) is 5.43 Å². The Hall–Kier alpha value is -2.04. The molecular formula is C12H14N2O3. The van der Waals surface area contributed by atoms with Crippen LogP contribution in [0.1, 0.15) is 24.8 Å². The molecule has 2 N–H and O–H groups in total. The molecular weight excluding hydrogens is 220 g/mol. The highest BCUT2D eigenvalue weighted by Crippen LogP contribution is 2.30. The Morgan fingerprint density at radius 1 is 1.59 bits per heavy atom. The van der Waals surface area contributed by atoms with E-state index in [0.29, 0.717) is 18.8 Å². The van der Waals surface area contributed by atoms with Crippen LogP contribution in [0.5, 0.6) is 11.5 Å². The van der Waals surface area contributed by atoms with Crippen molar-refractivity contribution in [2.45, 2.75) is 19.3 Å². The van der Waals surface area contributed by atoms with Crippen LogP contribution >= 0.6 is 0 Å². The molecule has 5 heteroatoms. The first-order valence-corrected chi connectivity index (χ1v) is 5.48. The summed E-state index contributed by atoms with van der Waals surface area (Å²) in [7, 11) is 0. The predicted octanol–water partition coefficient (Wildman–Crippen LogP) is 1.38. The average Bonchev–Trinajstić information content (AvgIpc) is 2.32. The number of carbonyl (C=O) groups is 1. The quantitative estimate of drug-likeness (QED) is 0.830. The van der Waals surface area contributed by atoms with Crippen molar-refractivity contribution < 1.29 is 14.6 Å². The standard InChI is InChI=1S/C12H14N2O3/c1-2-17-11-4-3-8(5-10(11)15)9-6-12(16)14-13-7-9/h3-5,7,9,15H,2,6H2,1H3,(H,14,16). The normalized spacial score (nSPS) is 18.9. The first kappa shape index (κ1) is 11.4. The van der Waals surface area contributed by atoms with E-state index < -0.39 is 0 Å². The average molecular weight is 234 g/mol. The van der Waals surface area contributed by atoms with Gasteiger partial charge in [0.1, 0.15) is 0 Å². The van der Waals surface area contributed by atoms with Gasteiger partial charge in [0, 0.05) is 18.6 Å². The minimum absolute atomic E-state index is 0.0868. The molecule has 5 nitrogen and oxygen atoms in total. The van der Waals surface area contributed by atoms with Crippen molar-refractivity contribution in [1.82, 2.24) is 5.43 Å². The van der Waals surface area contributed by atoms with E-state index in [0.717, 1.165) is 5.56 Å². The molecule has 1 atom stereocenters. The number of carbonyl (C=O) groups excluding carboxylic acids is 1. The molecule has 17 heavy (non-hydrogen) atoms. The van der Waals surface area contributed by atoms with Gasteiger partial charge in [-0.15, -0.1) is 0 Å². The fourth-order valence-corrected chi connectivity index (χ4v) is 1.74. The van der Waals surface area contributed by atoms with E-state index in [1.807, 2.05) is 13.0 Å². The second-order valence-electron chi connectivity index (χ2n) is 3.78. The van der Waals surface area contributed by atoms with Crippen LogP contribution in [0.25, 0.3) is 0 Å². The lowest BCUT2D eigenvalue weighted by molar-refractivity contribution is -0.121. The maximum Gasteiger partial charge on any atom is 0.241 e. The number of hydrogen-bond donors (Lipinski definition) is 2. The van der Waals surface area contributed by atoms with Gasteiger partial charge in [0.15, 0.2) is 11.5 Å². The molecule has 1 aromatic rings. The zero-order valence-corrected chi connectivity index (χ0v) is 9.51. The molecule has 0 fully saturated rings. The molecule has 0 saturated heterocycles. The Morgan fingerprint density at radius 2 is 2.41 bits per heavy atom. The third-order valence-corrected chi connectivity index (χ3v) is 2.56. The van der Waals surface area contributed by atoms with E-state index >= 15 is 0 Å². The van der Waals surface area contributed by atoms with Crippen LogP contribution in [-0.2, 0) is 4.79 Å². The highest BCUT2D eigenvalue weighted by Gasteiger charge is 2.18. The minimum Gasteiger partial charge on any atom is -0.504 e. The Bertz CT molecular complexity index is 457. The number of benzene rings is 1. The number of phenolic OH excluding ortho intramolecular Hbond substituents is 1. The minimum atomic E-state index is -0.120. The summed E-state index contributed by atoms with van der Waals surface area (Å²) < 4.78 is 5.24. The van der Waals surface area contributed by atoms with Crippen LogP contribution in [0.4, 0.5) is 0 Å². The number of nitrogens with one attached hydrogen (secondary N) is 1. The number of phenols is 1. The van der Waals surface area contributed by atoms with Crippen molar-refractivity contribution >= 4 is 12.1 Å². The Labute approximate surface area is 99.1 Å². The SMILES string of the molecule is CCOc1ccc(C2C=NNC(=O)C2)cc1O. The third kappa shape index (κ3) is 2.55. The lowest BCUT2D eigenvalue weighted by atomic mass is 9.95. The second kappa shape index (κ2) is 4.86. The summed E-state index contributed by atoms with van der Waals surface area (Å²) in [6.45, 7) is 2.35. The Morgan fingerprint density at radius 3 is 3.06 bits per heavy atom. The van der Waals surface area contributed by atoms with Crippen LogP contribution in [0, 0.1) is 0 Å². The molecule has 90 valence electrons. The Balaban J connectivity index is 2.22. The topological polar surface area (TPSA) is 70.9 Å². The summed E-state index contributed by atoms with van der Waals surface area (Å²) in [5.74, 6) is 0.327. The lowest BCUT2D eigenvalue weighted by Gasteiger charge is -2.16. The number of hydrazone groups is 1. The summed E-state index contributed by atoms with van der Waals surface area (Å²) >= 11 is 0. The van der Waals surface area contributed by atoms with Crippen LogP contribution in [0.15, 0.2) is 23.3 Å². The fourth-order valence-electron chi connectivity index (χ4n) is 1.74. The number of aromatic hydroxyl groups is 1. The molecule has 0 aliphatic carbocycles. The molecule has 1 aliphatic rings. The molecule has 1 aromatic carbocycles. The molecule has 2 rings (SSSR count). The number of amides is 1. The highest BCUT2D eigenvalue weighted by molar-refractivity contribution is 5.86. The third-order valence-electron chi connectivity index (χ3n) is 2.56. The summed E-state index contributed by atoms with van der Waals surface area (Å²) in [5.41, 5.74) is 3.22. The van der Waals surface area contributed by atoms with Crippen molar-refractivity contribution in [1.29, 1.82) is 0 Å². The zero-order valence-electron chi connectivity index (χ0n) is 9.51. The van der Waals surface area contributed by atoms with Crippen molar-refractivity contribution in [3.8, 4) is 11.5 Å². The van der Waals surface area contributed by atoms with Crippen molar-refractivity contribution in [2.24, 2.45) is 5.10 Å². The molecule has 1 aliphatic heterocycles. The van der Waals surface area contributed by atoms with Gasteiger partial charge in [0.25, 0.3) is 0 Å². The zero-order chi connectivity index (χ0) is 12.3. The summed E-state index contributed by atoms with van der Waals surface area (Å²) in [6.07, 6.45) is 2.01. The Kier molecular flexibility index (Phi) is 3.27. The van der Waals surface area contributed by atoms with Crippen LogP contribution in [-0.4, -0.2) is 23.8 Å². The molecule has 0 spiro atoms. The summed E-state index contributed by atoms with van der Waals surface area (Å²) in [6, 6.07) is 5.15. The summed E-state index contributed by atoms with van der Waals surface area (Å²) in [4.78, 5) is 11.2. The van der Waals surface area contributed by atoms with Gasteiger partial charge in [-0.2, -0.15) is 5.10 Å². The largest absolute Gasteiger partial charge is 0.504 e. The number of nitrogens with zero attached hydrogens (tertiary/aromatic N) is 1. The maximum absolute atomic E-state index is 11.2. The van der Waals surface area contributed by atoms with Gasteiger partial charge in [-0.3, -0.25) is 4.79 Å². The van der Waals surface area contributed by atoms with Gasteiger partial charge in [0.2, 0.25) is 5.91 Å². The number of rotatable bonds is 3. The van der Waals surface area contributed by atoms with Crippen LogP contribution in [0.2, 0.25) is 0 Å². The van der Waals surface area contributed by atoms with E-state index in [4.69, 9.17) is 4.74 Å². The van der Waals surface area contributed by atoms with Gasteiger partial charge < -0.3 is 9.84 Å². The summed E-state index contributed by atoms with van der Waals surface area (Å²) in [5, 5.41) is 13.5. The molecule has 1 heterocycles. The van der Waals surface area contributed by atoms with Crippen molar-refractivity contribution in [3.63, 3.8) is 0 Å². The van der Waals surface area contributed by atoms with E-state index in [1.165, 1.54) is 0 Å². The van der Waals surface area contributed by atoms with Gasteiger partial charge >= 0.3 is 0 Å². The smallest absolute Gasteiger partial charge is 0.241 e. The number of ether oxygens (including phenoxy) is 1. The van der Waals surface area contributed by atoms with Gasteiger partial charge in [0.05, 0.1) is 6.61 Å². The molecule has 0 aromatic heterocycles. The van der Waals surface area contributed by atoms with Gasteiger partial charge in [-0.1, -0.05) is 6.07 Å². The van der Waals surface area contributed by atoms with E-state index in [2.05, 4.69) is 10.5 Å². The van der Waals surface area contributed by atoms with E-state index in [-0.39, 0.29) is 17.6 Å². The first-order chi connectivity index (χ1) is 8.20. The number of hydrogen-bond acceptors (Lipinski definition) is 4. The highest BCUT2D eigenvalue weighted by atomic mass is 16.5. The predicted molar refractivity (Wildman–Crippen MR) is 63.3 cm³/mol. The van der Waals surface area contributed by atoms with Crippen molar-refractivity contribution in [2.75, 3.05) is 6.61 Å². The molecule has 0 bridgehead atoms. The van der Waals surface area contributed by atoms with Crippen LogP contribution in [0.3, 0.4) is 0 Å². The molecule has 0 radical (unpaired) electrons. The first-order valence-electron chi connectivity index (χ1n) is 5.48. The lowest BCUT2D eigenvalue weighted by Crippen LogP contribution is -2.25.